The standard InChI is InChI=1S/C24H46O2/c1-7-11-13-21(9-3)15-17-23(5,25)19-20-24(6,26)18-16-22(10-4)14-12-8-2/h21-22,25-26H,7-18H2,1-6H3. The van der Waals surface area contributed by atoms with Gasteiger partial charge in [-0.2, -0.15) is 0 Å². The number of unbranched alkanes of at least 4 members (excludes halogenated alkanes) is 2. The highest BCUT2D eigenvalue weighted by molar-refractivity contribution is 5.19. The fraction of sp³-hybridized carbons (Fsp3) is 0.917. The average molecular weight is 367 g/mol. The molecule has 0 aliphatic heterocycles. The Kier molecular flexibility index (Phi) is 13.3. The summed E-state index contributed by atoms with van der Waals surface area (Å²) in [6, 6.07) is 0. The van der Waals surface area contributed by atoms with Crippen LogP contribution in [0.5, 0.6) is 0 Å². The van der Waals surface area contributed by atoms with Crippen molar-refractivity contribution in [2.45, 2.75) is 130 Å². The van der Waals surface area contributed by atoms with Crippen molar-refractivity contribution in [3.05, 3.63) is 0 Å². The summed E-state index contributed by atoms with van der Waals surface area (Å²) < 4.78 is 0. The third-order valence-electron chi connectivity index (χ3n) is 5.77. The zero-order valence-electron chi connectivity index (χ0n) is 18.5. The Morgan fingerprint density at radius 3 is 1.27 bits per heavy atom. The van der Waals surface area contributed by atoms with Crippen LogP contribution in [0.3, 0.4) is 0 Å². The van der Waals surface area contributed by atoms with Crippen LogP contribution < -0.4 is 0 Å². The second-order valence-corrected chi connectivity index (χ2v) is 8.71. The van der Waals surface area contributed by atoms with Gasteiger partial charge in [0.1, 0.15) is 11.2 Å². The highest BCUT2D eigenvalue weighted by Crippen LogP contribution is 2.25. The third-order valence-corrected chi connectivity index (χ3v) is 5.77. The Balaban J connectivity index is 4.55. The summed E-state index contributed by atoms with van der Waals surface area (Å²) in [6.45, 7) is 12.5. The number of aliphatic hydroxyl groups is 2. The molecule has 154 valence electrons. The van der Waals surface area contributed by atoms with Crippen LogP contribution in [0.2, 0.25) is 0 Å². The smallest absolute Gasteiger partial charge is 0.122 e. The van der Waals surface area contributed by atoms with Gasteiger partial charge in [0.05, 0.1) is 0 Å². The van der Waals surface area contributed by atoms with Crippen LogP contribution in [-0.4, -0.2) is 21.4 Å². The van der Waals surface area contributed by atoms with Gasteiger partial charge in [-0.15, -0.1) is 0 Å². The van der Waals surface area contributed by atoms with Crippen molar-refractivity contribution in [1.29, 1.82) is 0 Å². The molecule has 0 aromatic heterocycles. The molecule has 2 nitrogen and oxygen atoms in total. The molecule has 0 saturated heterocycles. The molecule has 0 radical (unpaired) electrons. The van der Waals surface area contributed by atoms with Crippen molar-refractivity contribution < 1.29 is 10.2 Å². The van der Waals surface area contributed by atoms with Crippen LogP contribution in [0.1, 0.15) is 119 Å². The first-order valence-corrected chi connectivity index (χ1v) is 11.2. The highest BCUT2D eigenvalue weighted by Gasteiger charge is 2.23. The van der Waals surface area contributed by atoms with Gasteiger partial charge in [-0.3, -0.25) is 0 Å². The predicted molar refractivity (Wildman–Crippen MR) is 114 cm³/mol. The van der Waals surface area contributed by atoms with Gasteiger partial charge in [0.2, 0.25) is 0 Å². The summed E-state index contributed by atoms with van der Waals surface area (Å²) >= 11 is 0. The minimum absolute atomic E-state index is 0.674. The molecule has 0 spiro atoms. The van der Waals surface area contributed by atoms with E-state index in [9.17, 15) is 10.2 Å². The highest BCUT2D eigenvalue weighted by atomic mass is 16.3. The maximum absolute atomic E-state index is 10.6. The third kappa shape index (κ3) is 12.8. The second-order valence-electron chi connectivity index (χ2n) is 8.71. The minimum Gasteiger partial charge on any atom is -0.378 e. The quantitative estimate of drug-likeness (QED) is 0.345. The van der Waals surface area contributed by atoms with Gasteiger partial charge in [-0.25, -0.2) is 0 Å². The normalized spacial score (nSPS) is 18.3. The summed E-state index contributed by atoms with van der Waals surface area (Å²) in [5.41, 5.74) is -2.01. The van der Waals surface area contributed by atoms with E-state index in [-0.39, 0.29) is 0 Å². The van der Waals surface area contributed by atoms with Crippen molar-refractivity contribution in [3.8, 4) is 11.8 Å². The molecule has 4 atom stereocenters. The molecular formula is C24H46O2. The summed E-state index contributed by atoms with van der Waals surface area (Å²) in [7, 11) is 0. The zero-order valence-corrected chi connectivity index (χ0v) is 18.5. The Morgan fingerprint density at radius 2 is 1.00 bits per heavy atom. The SMILES string of the molecule is CCCCC(CC)CCC(C)(O)C#CC(C)(O)CCC(CC)CCCC. The van der Waals surface area contributed by atoms with E-state index in [2.05, 4.69) is 39.5 Å². The summed E-state index contributed by atoms with van der Waals surface area (Å²) in [6.07, 6.45) is 13.2. The van der Waals surface area contributed by atoms with E-state index in [0.717, 1.165) is 25.7 Å². The topological polar surface area (TPSA) is 40.5 Å². The minimum atomic E-state index is -1.00. The summed E-state index contributed by atoms with van der Waals surface area (Å²) in [5.74, 6) is 7.30. The molecular weight excluding hydrogens is 320 g/mol. The molecule has 0 aromatic rings. The van der Waals surface area contributed by atoms with Crippen LogP contribution in [0.25, 0.3) is 0 Å². The summed E-state index contributed by atoms with van der Waals surface area (Å²) in [4.78, 5) is 0. The first kappa shape index (κ1) is 25.5. The molecule has 0 bridgehead atoms. The molecule has 0 heterocycles. The van der Waals surface area contributed by atoms with Gasteiger partial charge in [-0.05, 0) is 51.4 Å². The largest absolute Gasteiger partial charge is 0.378 e. The maximum Gasteiger partial charge on any atom is 0.122 e. The van der Waals surface area contributed by atoms with Crippen molar-refractivity contribution in [2.75, 3.05) is 0 Å². The van der Waals surface area contributed by atoms with E-state index in [0.29, 0.717) is 24.7 Å². The second kappa shape index (κ2) is 13.6. The molecule has 0 aliphatic carbocycles. The van der Waals surface area contributed by atoms with Crippen LogP contribution >= 0.6 is 0 Å². The number of rotatable bonds is 14. The van der Waals surface area contributed by atoms with Crippen LogP contribution in [0.4, 0.5) is 0 Å². The lowest BCUT2D eigenvalue weighted by molar-refractivity contribution is 0.0907. The molecule has 0 fully saturated rings. The number of hydrogen-bond acceptors (Lipinski definition) is 2. The lowest BCUT2D eigenvalue weighted by atomic mass is 9.87. The van der Waals surface area contributed by atoms with E-state index in [1.807, 2.05) is 0 Å². The van der Waals surface area contributed by atoms with Crippen molar-refractivity contribution >= 4 is 0 Å². The lowest BCUT2D eigenvalue weighted by Gasteiger charge is -2.23. The molecule has 0 amide bonds. The van der Waals surface area contributed by atoms with E-state index < -0.39 is 11.2 Å². The molecule has 2 heteroatoms. The van der Waals surface area contributed by atoms with Crippen molar-refractivity contribution in [3.63, 3.8) is 0 Å². The van der Waals surface area contributed by atoms with Crippen LogP contribution in [0.15, 0.2) is 0 Å². The maximum atomic E-state index is 10.6. The molecule has 0 aromatic carbocycles. The van der Waals surface area contributed by atoms with Crippen molar-refractivity contribution in [1.82, 2.24) is 0 Å². The monoisotopic (exact) mass is 366 g/mol. The first-order chi connectivity index (χ1) is 12.2. The Morgan fingerprint density at radius 1 is 0.654 bits per heavy atom. The molecule has 26 heavy (non-hydrogen) atoms. The van der Waals surface area contributed by atoms with Gasteiger partial charge >= 0.3 is 0 Å². The Bertz CT molecular complexity index is 364. The first-order valence-electron chi connectivity index (χ1n) is 11.2. The molecule has 0 aliphatic rings. The Hall–Kier alpha value is -0.520. The van der Waals surface area contributed by atoms with E-state index >= 15 is 0 Å². The molecule has 0 rings (SSSR count). The fourth-order valence-corrected chi connectivity index (χ4v) is 3.46. The molecule has 2 N–H and O–H groups in total. The Labute approximate surface area is 164 Å². The molecule has 0 saturated carbocycles. The summed E-state index contributed by atoms with van der Waals surface area (Å²) in [5, 5.41) is 21.2. The van der Waals surface area contributed by atoms with E-state index in [1.54, 1.807) is 13.8 Å². The predicted octanol–water partition coefficient (Wildman–Crippen LogP) is 6.49. The average Bonchev–Trinajstić information content (AvgIpc) is 2.60. The lowest BCUT2D eigenvalue weighted by Crippen LogP contribution is -2.27. The van der Waals surface area contributed by atoms with Gasteiger partial charge in [-0.1, -0.05) is 90.9 Å². The van der Waals surface area contributed by atoms with Crippen LogP contribution in [0, 0.1) is 23.7 Å². The fourth-order valence-electron chi connectivity index (χ4n) is 3.46. The van der Waals surface area contributed by atoms with E-state index in [1.165, 1.54) is 38.5 Å². The van der Waals surface area contributed by atoms with Crippen molar-refractivity contribution in [2.24, 2.45) is 11.8 Å². The number of hydrogen-bond donors (Lipinski definition) is 2. The zero-order chi connectivity index (χ0) is 20.1. The van der Waals surface area contributed by atoms with E-state index in [4.69, 9.17) is 0 Å². The van der Waals surface area contributed by atoms with Gasteiger partial charge in [0.15, 0.2) is 0 Å². The van der Waals surface area contributed by atoms with Gasteiger partial charge in [0, 0.05) is 0 Å². The van der Waals surface area contributed by atoms with Gasteiger partial charge in [0.25, 0.3) is 0 Å². The van der Waals surface area contributed by atoms with Crippen LogP contribution in [-0.2, 0) is 0 Å². The van der Waals surface area contributed by atoms with Gasteiger partial charge < -0.3 is 10.2 Å². The molecule has 4 unspecified atom stereocenters.